The van der Waals surface area contributed by atoms with Gasteiger partial charge < -0.3 is 9.84 Å². The van der Waals surface area contributed by atoms with Gasteiger partial charge >= 0.3 is 5.97 Å². The van der Waals surface area contributed by atoms with Crippen LogP contribution >= 0.6 is 0 Å². The van der Waals surface area contributed by atoms with Gasteiger partial charge in [-0.1, -0.05) is 53.7 Å². The van der Waals surface area contributed by atoms with Crippen LogP contribution in [0, 0.1) is 50.7 Å². The first-order chi connectivity index (χ1) is 15.5. The zero-order chi connectivity index (χ0) is 23.9. The molecule has 0 aromatic rings. The molecule has 3 heteroatoms. The standard InChI is InChI=1S/C30H48O3/c1-7-19-33-25(32)30-14-8-9-21(30)20-10-11-23-27(4)15-13-24(31)26(2,3)22(27)12-16-29(23,6)28(20,5)17-18-30/h7,20-24,31H,1,8-19H2,2-6H3/t20?,21?,22?,23?,24?,27?,28-,29?,30?/m1/s1. The molecule has 1 N–H and O–H groups in total. The second-order valence-corrected chi connectivity index (χ2v) is 14.1. The van der Waals surface area contributed by atoms with Crippen LogP contribution < -0.4 is 0 Å². The summed E-state index contributed by atoms with van der Waals surface area (Å²) in [6.45, 7) is 16.6. The lowest BCUT2D eigenvalue weighted by atomic mass is 9.32. The summed E-state index contributed by atoms with van der Waals surface area (Å²) >= 11 is 0. The summed E-state index contributed by atoms with van der Waals surface area (Å²) in [6.07, 6.45) is 14.3. The summed E-state index contributed by atoms with van der Waals surface area (Å²) in [5.41, 5.74) is 0.694. The fourth-order valence-corrected chi connectivity index (χ4v) is 11.2. The molecule has 0 bridgehead atoms. The zero-order valence-electron chi connectivity index (χ0n) is 21.9. The molecule has 33 heavy (non-hydrogen) atoms. The number of esters is 1. The first-order valence-corrected chi connectivity index (χ1v) is 13.9. The number of aliphatic hydroxyl groups is 1. The molecule has 8 unspecified atom stereocenters. The lowest BCUT2D eigenvalue weighted by Gasteiger charge is -2.72. The van der Waals surface area contributed by atoms with Crippen LogP contribution in [0.15, 0.2) is 12.7 Å². The van der Waals surface area contributed by atoms with Crippen molar-refractivity contribution in [3.05, 3.63) is 12.7 Å². The van der Waals surface area contributed by atoms with Gasteiger partial charge in [-0.05, 0) is 110 Å². The summed E-state index contributed by atoms with van der Waals surface area (Å²) < 4.78 is 5.72. The Morgan fingerprint density at radius 2 is 1.64 bits per heavy atom. The van der Waals surface area contributed by atoms with E-state index in [0.717, 1.165) is 31.6 Å². The van der Waals surface area contributed by atoms with Gasteiger partial charge in [-0.2, -0.15) is 0 Å². The molecule has 0 spiro atoms. The van der Waals surface area contributed by atoms with E-state index in [1.54, 1.807) is 6.08 Å². The SMILES string of the molecule is C=CCOC(=O)C12CCCC1C1CCC3C4(C)CCC(O)C(C)(C)C4CCC3(C)[C@]1(C)CC2. The van der Waals surface area contributed by atoms with Crippen molar-refractivity contribution in [3.8, 4) is 0 Å². The highest BCUT2D eigenvalue weighted by Crippen LogP contribution is 2.76. The summed E-state index contributed by atoms with van der Waals surface area (Å²) in [4.78, 5) is 13.3. The summed E-state index contributed by atoms with van der Waals surface area (Å²) in [5, 5.41) is 10.9. The third-order valence-corrected chi connectivity index (χ3v) is 13.1. The molecule has 5 aliphatic rings. The molecule has 5 aliphatic carbocycles. The zero-order valence-corrected chi connectivity index (χ0v) is 21.9. The largest absolute Gasteiger partial charge is 0.461 e. The Morgan fingerprint density at radius 3 is 2.36 bits per heavy atom. The monoisotopic (exact) mass is 456 g/mol. The van der Waals surface area contributed by atoms with Crippen LogP contribution in [-0.4, -0.2) is 23.8 Å². The van der Waals surface area contributed by atoms with E-state index >= 15 is 0 Å². The Morgan fingerprint density at radius 1 is 0.879 bits per heavy atom. The first-order valence-electron chi connectivity index (χ1n) is 13.9. The minimum absolute atomic E-state index is 0.00810. The third kappa shape index (κ3) is 2.93. The molecule has 3 nitrogen and oxygen atoms in total. The van der Waals surface area contributed by atoms with Crippen LogP contribution in [0.2, 0.25) is 0 Å². The molecule has 5 rings (SSSR count). The lowest BCUT2D eigenvalue weighted by Crippen LogP contribution is -2.66. The van der Waals surface area contributed by atoms with Crippen molar-refractivity contribution in [1.82, 2.24) is 0 Å². The first kappa shape index (κ1) is 23.9. The van der Waals surface area contributed by atoms with E-state index in [2.05, 4.69) is 41.2 Å². The quantitative estimate of drug-likeness (QED) is 0.370. The highest BCUT2D eigenvalue weighted by Gasteiger charge is 2.70. The lowest BCUT2D eigenvalue weighted by molar-refractivity contribution is -0.246. The van der Waals surface area contributed by atoms with Gasteiger partial charge in [0.25, 0.3) is 0 Å². The molecule has 186 valence electrons. The summed E-state index contributed by atoms with van der Waals surface area (Å²) in [7, 11) is 0. The number of ether oxygens (including phenoxy) is 1. The predicted molar refractivity (Wildman–Crippen MR) is 132 cm³/mol. The maximum atomic E-state index is 13.3. The average molecular weight is 457 g/mol. The number of hydrogen-bond acceptors (Lipinski definition) is 3. The Hall–Kier alpha value is -0.830. The molecule has 5 saturated carbocycles. The van der Waals surface area contributed by atoms with Crippen LogP contribution in [0.1, 0.15) is 105 Å². The van der Waals surface area contributed by atoms with Crippen LogP contribution in [0.4, 0.5) is 0 Å². The van der Waals surface area contributed by atoms with Gasteiger partial charge in [0.1, 0.15) is 6.61 Å². The Labute approximate surface area is 202 Å². The Bertz CT molecular complexity index is 817. The fourth-order valence-electron chi connectivity index (χ4n) is 11.2. The van der Waals surface area contributed by atoms with E-state index in [1.807, 2.05) is 0 Å². The van der Waals surface area contributed by atoms with Crippen molar-refractivity contribution >= 4 is 5.97 Å². The van der Waals surface area contributed by atoms with Gasteiger partial charge in [-0.15, -0.1) is 0 Å². The second-order valence-electron chi connectivity index (χ2n) is 14.1. The van der Waals surface area contributed by atoms with E-state index < -0.39 is 0 Å². The molecule has 0 aromatic carbocycles. The van der Waals surface area contributed by atoms with Crippen molar-refractivity contribution in [1.29, 1.82) is 0 Å². The molecule has 0 saturated heterocycles. The normalized spacial score (nSPS) is 52.6. The number of carbonyl (C=O) groups excluding carboxylic acids is 1. The van der Waals surface area contributed by atoms with Gasteiger partial charge in [0.2, 0.25) is 0 Å². The highest BCUT2D eigenvalue weighted by molar-refractivity contribution is 5.78. The number of carbonyl (C=O) groups is 1. The average Bonchev–Trinajstić information content (AvgIpc) is 3.21. The van der Waals surface area contributed by atoms with Gasteiger partial charge in [0, 0.05) is 0 Å². The van der Waals surface area contributed by atoms with Gasteiger partial charge in [-0.3, -0.25) is 4.79 Å². The molecular weight excluding hydrogens is 408 g/mol. The smallest absolute Gasteiger partial charge is 0.312 e. The van der Waals surface area contributed by atoms with Gasteiger partial charge in [0.15, 0.2) is 0 Å². The van der Waals surface area contributed by atoms with Crippen molar-refractivity contribution in [2.24, 2.45) is 50.7 Å². The molecular formula is C30H48O3. The Kier molecular flexibility index (Phi) is 5.49. The molecule has 0 radical (unpaired) electrons. The highest BCUT2D eigenvalue weighted by atomic mass is 16.5. The van der Waals surface area contributed by atoms with Gasteiger partial charge in [0.05, 0.1) is 11.5 Å². The van der Waals surface area contributed by atoms with Crippen LogP contribution in [0.25, 0.3) is 0 Å². The minimum atomic E-state index is -0.242. The van der Waals surface area contributed by atoms with Crippen LogP contribution in [0.3, 0.4) is 0 Å². The number of aliphatic hydroxyl groups excluding tert-OH is 1. The molecule has 5 fully saturated rings. The van der Waals surface area contributed by atoms with Crippen LogP contribution in [-0.2, 0) is 9.53 Å². The maximum absolute atomic E-state index is 13.3. The van der Waals surface area contributed by atoms with E-state index in [4.69, 9.17) is 4.74 Å². The van der Waals surface area contributed by atoms with Crippen molar-refractivity contribution < 1.29 is 14.6 Å². The van der Waals surface area contributed by atoms with E-state index in [-0.39, 0.29) is 22.9 Å². The third-order valence-electron chi connectivity index (χ3n) is 13.1. The minimum Gasteiger partial charge on any atom is -0.461 e. The summed E-state index contributed by atoms with van der Waals surface area (Å²) in [6, 6.07) is 0. The van der Waals surface area contributed by atoms with E-state index in [0.29, 0.717) is 40.6 Å². The number of hydrogen-bond donors (Lipinski definition) is 1. The van der Waals surface area contributed by atoms with E-state index in [1.165, 1.54) is 44.9 Å². The fraction of sp³-hybridized carbons (Fsp3) is 0.900. The molecule has 9 atom stereocenters. The maximum Gasteiger partial charge on any atom is 0.312 e. The number of fused-ring (bicyclic) bond motifs is 7. The second kappa shape index (κ2) is 7.58. The van der Waals surface area contributed by atoms with Crippen LogP contribution in [0.5, 0.6) is 0 Å². The summed E-state index contributed by atoms with van der Waals surface area (Å²) in [5.74, 6) is 2.52. The van der Waals surface area contributed by atoms with Crippen molar-refractivity contribution in [3.63, 3.8) is 0 Å². The topological polar surface area (TPSA) is 46.5 Å². The molecule has 0 aliphatic heterocycles. The molecule has 0 aromatic heterocycles. The van der Waals surface area contributed by atoms with E-state index in [9.17, 15) is 9.90 Å². The number of rotatable bonds is 3. The van der Waals surface area contributed by atoms with Crippen molar-refractivity contribution in [2.45, 2.75) is 111 Å². The molecule has 0 heterocycles. The molecule has 0 amide bonds. The van der Waals surface area contributed by atoms with Crippen molar-refractivity contribution in [2.75, 3.05) is 6.61 Å². The Balaban J connectivity index is 1.48. The van der Waals surface area contributed by atoms with Gasteiger partial charge in [-0.25, -0.2) is 0 Å². The predicted octanol–water partition coefficient (Wildman–Crippen LogP) is 6.93.